The van der Waals surface area contributed by atoms with Crippen LogP contribution in [0.1, 0.15) is 52.8 Å². The molecule has 2 atom stereocenters. The van der Waals surface area contributed by atoms with Crippen LogP contribution in [0.25, 0.3) is 0 Å². The van der Waals surface area contributed by atoms with Crippen LogP contribution in [-0.2, 0) is 12.2 Å². The lowest BCUT2D eigenvalue weighted by Gasteiger charge is -2.29. The van der Waals surface area contributed by atoms with Gasteiger partial charge in [-0.2, -0.15) is 16.7 Å². The molecule has 0 saturated heterocycles. The van der Waals surface area contributed by atoms with Crippen molar-refractivity contribution >= 4 is 11.8 Å². The average molecular weight is 285 g/mol. The molecule has 2 unspecified atom stereocenters. The summed E-state index contributed by atoms with van der Waals surface area (Å²) in [7, 11) is 1.98. The molecular formula is C14H27N3OS. The Bertz CT molecular complexity index is 373. The van der Waals surface area contributed by atoms with E-state index in [-0.39, 0.29) is 5.41 Å². The summed E-state index contributed by atoms with van der Waals surface area (Å²) in [6.45, 7) is 11.1. The highest BCUT2D eigenvalue weighted by molar-refractivity contribution is 7.99. The molecule has 110 valence electrons. The average Bonchev–Trinajstić information content (AvgIpc) is 2.79. The Hall–Kier alpha value is -0.550. The quantitative estimate of drug-likeness (QED) is 0.833. The molecule has 0 spiro atoms. The van der Waals surface area contributed by atoms with Crippen LogP contribution in [0.5, 0.6) is 0 Å². The second-order valence-corrected chi connectivity index (χ2v) is 7.47. The van der Waals surface area contributed by atoms with Crippen molar-refractivity contribution in [2.75, 3.05) is 7.05 Å². The SMILES string of the molecule is CCC(C)SCc1noc(CC(NC)C(C)(C)C)n1. The Balaban J connectivity index is 2.54. The van der Waals surface area contributed by atoms with Crippen LogP contribution < -0.4 is 5.32 Å². The maximum atomic E-state index is 5.34. The van der Waals surface area contributed by atoms with Crippen molar-refractivity contribution in [2.45, 2.75) is 64.5 Å². The first-order valence-corrected chi connectivity index (χ1v) is 8.02. The first-order valence-electron chi connectivity index (χ1n) is 6.97. The van der Waals surface area contributed by atoms with Gasteiger partial charge in [0, 0.05) is 17.7 Å². The molecule has 1 aromatic rings. The monoisotopic (exact) mass is 285 g/mol. The first-order chi connectivity index (χ1) is 8.86. The second-order valence-electron chi connectivity index (χ2n) is 6.05. The normalized spacial score (nSPS) is 15.5. The zero-order valence-corrected chi connectivity index (χ0v) is 13.8. The molecule has 1 aromatic heterocycles. The summed E-state index contributed by atoms with van der Waals surface area (Å²) in [6, 6.07) is 0.336. The lowest BCUT2D eigenvalue weighted by atomic mass is 9.85. The lowest BCUT2D eigenvalue weighted by molar-refractivity contribution is 0.255. The highest BCUT2D eigenvalue weighted by Gasteiger charge is 2.25. The van der Waals surface area contributed by atoms with Crippen molar-refractivity contribution in [2.24, 2.45) is 5.41 Å². The van der Waals surface area contributed by atoms with Crippen molar-refractivity contribution in [1.82, 2.24) is 15.5 Å². The zero-order chi connectivity index (χ0) is 14.5. The minimum atomic E-state index is 0.175. The van der Waals surface area contributed by atoms with Crippen LogP contribution in [0.2, 0.25) is 0 Å². The third-order valence-electron chi connectivity index (χ3n) is 3.35. The molecule has 0 aliphatic heterocycles. The number of likely N-dealkylation sites (N-methyl/N-ethyl adjacent to an activating group) is 1. The van der Waals surface area contributed by atoms with E-state index in [0.717, 1.165) is 23.9 Å². The molecule has 5 heteroatoms. The van der Waals surface area contributed by atoms with Crippen LogP contribution in [0, 0.1) is 5.41 Å². The molecule has 0 radical (unpaired) electrons. The number of thioether (sulfide) groups is 1. The van der Waals surface area contributed by atoms with Crippen molar-refractivity contribution in [3.63, 3.8) is 0 Å². The highest BCUT2D eigenvalue weighted by atomic mass is 32.2. The molecule has 0 amide bonds. The maximum absolute atomic E-state index is 5.34. The molecule has 0 bridgehead atoms. The number of nitrogens with one attached hydrogen (secondary N) is 1. The van der Waals surface area contributed by atoms with Gasteiger partial charge >= 0.3 is 0 Å². The van der Waals surface area contributed by atoms with E-state index in [9.17, 15) is 0 Å². The third-order valence-corrected chi connectivity index (χ3v) is 4.68. The van der Waals surface area contributed by atoms with E-state index < -0.39 is 0 Å². The molecule has 0 aliphatic carbocycles. The summed E-state index contributed by atoms with van der Waals surface area (Å²) < 4.78 is 5.34. The van der Waals surface area contributed by atoms with Crippen molar-refractivity contribution in [3.8, 4) is 0 Å². The van der Waals surface area contributed by atoms with Crippen molar-refractivity contribution < 1.29 is 4.52 Å². The van der Waals surface area contributed by atoms with E-state index in [2.05, 4.69) is 50.1 Å². The highest BCUT2D eigenvalue weighted by Crippen LogP contribution is 2.22. The summed E-state index contributed by atoms with van der Waals surface area (Å²) in [4.78, 5) is 4.48. The lowest BCUT2D eigenvalue weighted by Crippen LogP contribution is -2.39. The van der Waals surface area contributed by atoms with Crippen LogP contribution in [0.3, 0.4) is 0 Å². The van der Waals surface area contributed by atoms with E-state index >= 15 is 0 Å². The summed E-state index contributed by atoms with van der Waals surface area (Å²) >= 11 is 1.87. The van der Waals surface area contributed by atoms with Crippen LogP contribution in [0.4, 0.5) is 0 Å². The fourth-order valence-electron chi connectivity index (χ4n) is 1.78. The van der Waals surface area contributed by atoms with Gasteiger partial charge in [0.1, 0.15) is 0 Å². The molecule has 1 rings (SSSR count). The summed E-state index contributed by atoms with van der Waals surface area (Å²) in [5, 5.41) is 8.02. The number of rotatable bonds is 7. The standard InChI is InChI=1S/C14H27N3OS/c1-7-10(2)19-9-12-16-13(18-17-12)8-11(15-6)14(3,4)5/h10-11,15H,7-9H2,1-6H3. The minimum absolute atomic E-state index is 0.175. The minimum Gasteiger partial charge on any atom is -0.339 e. The Morgan fingerprint density at radius 2 is 2.05 bits per heavy atom. The Labute approximate surface area is 121 Å². The summed E-state index contributed by atoms with van der Waals surface area (Å²) in [5.41, 5.74) is 0.175. The topological polar surface area (TPSA) is 51.0 Å². The molecule has 1 N–H and O–H groups in total. The smallest absolute Gasteiger partial charge is 0.228 e. The van der Waals surface area contributed by atoms with Gasteiger partial charge in [-0.25, -0.2) is 0 Å². The van der Waals surface area contributed by atoms with Crippen LogP contribution >= 0.6 is 11.8 Å². The van der Waals surface area contributed by atoms with Crippen LogP contribution in [0.15, 0.2) is 4.52 Å². The molecular weight excluding hydrogens is 258 g/mol. The molecule has 0 fully saturated rings. The van der Waals surface area contributed by atoms with E-state index in [0.29, 0.717) is 11.3 Å². The molecule has 0 aromatic carbocycles. The van der Waals surface area contributed by atoms with Gasteiger partial charge in [-0.15, -0.1) is 0 Å². The maximum Gasteiger partial charge on any atom is 0.228 e. The van der Waals surface area contributed by atoms with Crippen LogP contribution in [-0.4, -0.2) is 28.5 Å². The molecule has 1 heterocycles. The van der Waals surface area contributed by atoms with E-state index in [1.807, 2.05) is 18.8 Å². The molecule has 4 nitrogen and oxygen atoms in total. The predicted octanol–water partition coefficient (Wildman–Crippen LogP) is 3.28. The van der Waals surface area contributed by atoms with Gasteiger partial charge in [-0.05, 0) is 18.9 Å². The Morgan fingerprint density at radius 3 is 2.58 bits per heavy atom. The fraction of sp³-hybridized carbons (Fsp3) is 0.857. The van der Waals surface area contributed by atoms with E-state index in [4.69, 9.17) is 4.52 Å². The van der Waals surface area contributed by atoms with Gasteiger partial charge in [0.2, 0.25) is 5.89 Å². The molecule has 0 saturated carbocycles. The zero-order valence-electron chi connectivity index (χ0n) is 13.0. The van der Waals surface area contributed by atoms with E-state index in [1.54, 1.807) is 0 Å². The first kappa shape index (κ1) is 16.5. The summed E-state index contributed by atoms with van der Waals surface area (Å²) in [6.07, 6.45) is 1.95. The number of hydrogen-bond donors (Lipinski definition) is 1. The van der Waals surface area contributed by atoms with E-state index in [1.165, 1.54) is 6.42 Å². The van der Waals surface area contributed by atoms with Gasteiger partial charge < -0.3 is 9.84 Å². The van der Waals surface area contributed by atoms with Gasteiger partial charge in [0.05, 0.1) is 5.75 Å². The summed E-state index contributed by atoms with van der Waals surface area (Å²) in [5.74, 6) is 2.37. The third kappa shape index (κ3) is 5.53. The predicted molar refractivity (Wildman–Crippen MR) is 81.4 cm³/mol. The molecule has 19 heavy (non-hydrogen) atoms. The van der Waals surface area contributed by atoms with Gasteiger partial charge in [0.25, 0.3) is 0 Å². The number of aromatic nitrogens is 2. The van der Waals surface area contributed by atoms with Gasteiger partial charge in [-0.3, -0.25) is 0 Å². The molecule has 0 aliphatic rings. The Kier molecular flexibility index (Phi) is 6.33. The van der Waals surface area contributed by atoms with Gasteiger partial charge in [-0.1, -0.05) is 39.8 Å². The van der Waals surface area contributed by atoms with Crippen molar-refractivity contribution in [3.05, 3.63) is 11.7 Å². The number of hydrogen-bond acceptors (Lipinski definition) is 5. The fourth-order valence-corrected chi connectivity index (χ4v) is 2.57. The Morgan fingerprint density at radius 1 is 1.37 bits per heavy atom. The van der Waals surface area contributed by atoms with Crippen molar-refractivity contribution in [1.29, 1.82) is 0 Å². The van der Waals surface area contributed by atoms with Gasteiger partial charge in [0.15, 0.2) is 5.82 Å². The number of nitrogens with zero attached hydrogens (tertiary/aromatic N) is 2. The largest absolute Gasteiger partial charge is 0.339 e. The second kappa shape index (κ2) is 7.29.